The fourth-order valence-electron chi connectivity index (χ4n) is 3.73. The minimum atomic E-state index is -4.72. The molecule has 36 heavy (non-hydrogen) atoms. The molecule has 0 aliphatic carbocycles. The second-order valence-electron chi connectivity index (χ2n) is 8.12. The van der Waals surface area contributed by atoms with E-state index in [1.165, 1.54) is 4.68 Å². The maximum absolute atomic E-state index is 13.2. The fraction of sp³-hybridized carbons (Fsp3) is 0.261. The number of carbonyl (C=O) groups is 1. The Labute approximate surface area is 205 Å². The molecule has 1 unspecified atom stereocenters. The van der Waals surface area contributed by atoms with E-state index >= 15 is 0 Å². The smallest absolute Gasteiger partial charge is 0.330 e. The minimum absolute atomic E-state index is 0.150. The van der Waals surface area contributed by atoms with Gasteiger partial charge in [0.1, 0.15) is 6.04 Å². The van der Waals surface area contributed by atoms with Crippen LogP contribution in [0, 0.1) is 0 Å². The number of rotatable bonds is 8. The highest BCUT2D eigenvalue weighted by Crippen LogP contribution is 2.32. The lowest BCUT2D eigenvalue weighted by Gasteiger charge is -2.31. The van der Waals surface area contributed by atoms with Gasteiger partial charge in [0, 0.05) is 18.8 Å². The third kappa shape index (κ3) is 5.41. The van der Waals surface area contributed by atoms with E-state index in [0.717, 1.165) is 53.3 Å². The summed E-state index contributed by atoms with van der Waals surface area (Å²) in [6, 6.07) is 9.68. The van der Waals surface area contributed by atoms with Crippen molar-refractivity contribution in [1.29, 1.82) is 0 Å². The first kappa shape index (κ1) is 25.4. The van der Waals surface area contributed by atoms with Crippen LogP contribution in [0.3, 0.4) is 0 Å². The monoisotopic (exact) mass is 520 g/mol. The zero-order valence-electron chi connectivity index (χ0n) is 18.9. The molecule has 0 saturated carbocycles. The number of hydrogen-bond donors (Lipinski definition) is 2. The van der Waals surface area contributed by atoms with Gasteiger partial charge in [0.25, 0.3) is 10.0 Å². The van der Waals surface area contributed by atoms with Crippen LogP contribution in [-0.4, -0.2) is 46.2 Å². The zero-order valence-corrected chi connectivity index (χ0v) is 19.7. The average molecular weight is 521 g/mol. The second-order valence-corrected chi connectivity index (χ2v) is 9.96. The first-order chi connectivity index (χ1) is 17.1. The van der Waals surface area contributed by atoms with E-state index < -0.39 is 38.6 Å². The molecule has 0 fully saturated rings. The summed E-state index contributed by atoms with van der Waals surface area (Å²) in [7, 11) is -4.48. The summed E-state index contributed by atoms with van der Waals surface area (Å²) in [6.07, 6.45) is 0.628. The van der Waals surface area contributed by atoms with Gasteiger partial charge >= 0.3 is 6.18 Å². The van der Waals surface area contributed by atoms with Crippen molar-refractivity contribution in [2.24, 2.45) is 5.73 Å². The Morgan fingerprint density at radius 3 is 2.56 bits per heavy atom. The molecule has 0 saturated heterocycles. The van der Waals surface area contributed by atoms with Crippen LogP contribution in [-0.2, 0) is 33.8 Å². The highest BCUT2D eigenvalue weighted by Gasteiger charge is 2.38. The number of alkyl halides is 3. The third-order valence-electron chi connectivity index (χ3n) is 5.61. The molecule has 0 radical (unpaired) electrons. The zero-order chi connectivity index (χ0) is 25.9. The number of aryl methyl sites for hydroxylation is 1. The summed E-state index contributed by atoms with van der Waals surface area (Å²) >= 11 is 0. The molecule has 3 N–H and O–H groups in total. The average Bonchev–Trinajstić information content (AvgIpc) is 3.32. The number of nitrogens with one attached hydrogen (secondary N) is 1. The van der Waals surface area contributed by atoms with Crippen LogP contribution in [0.5, 0.6) is 0 Å². The predicted molar refractivity (Wildman–Crippen MR) is 124 cm³/mol. The molecule has 2 aromatic carbocycles. The summed E-state index contributed by atoms with van der Waals surface area (Å²) in [6.45, 7) is 0.596. The van der Waals surface area contributed by atoms with Crippen molar-refractivity contribution in [3.05, 3.63) is 83.9 Å². The quantitative estimate of drug-likeness (QED) is 0.470. The van der Waals surface area contributed by atoms with Gasteiger partial charge in [-0.25, -0.2) is 13.1 Å². The Balaban J connectivity index is 1.57. The van der Waals surface area contributed by atoms with Crippen molar-refractivity contribution in [2.45, 2.75) is 36.4 Å². The van der Waals surface area contributed by atoms with Gasteiger partial charge in [0.2, 0.25) is 5.91 Å². The van der Waals surface area contributed by atoms with Crippen molar-refractivity contribution in [3.8, 4) is 5.69 Å². The summed E-state index contributed by atoms with van der Waals surface area (Å²) in [4.78, 5) is 12.0. The standard InChI is InChI=1S/C23H23F3N6O3S/c24-23(25,26)17-4-1-5-20(13-17)36(34,35)32-12-11-28-22(33)21(32)14-18-15-31(30-29-18)19-8-6-16(7-9-19)3-2-10-27/h1,4-9,11-13,15,21H,2-3,10,14,27H2,(H,28,33). The number of nitrogens with zero attached hydrogens (tertiary/aromatic N) is 4. The topological polar surface area (TPSA) is 123 Å². The maximum Gasteiger partial charge on any atom is 0.416 e. The normalized spacial score (nSPS) is 16.3. The molecule has 0 spiro atoms. The number of amides is 1. The Bertz CT molecular complexity index is 1370. The highest BCUT2D eigenvalue weighted by molar-refractivity contribution is 7.89. The molecule has 4 rings (SSSR count). The lowest BCUT2D eigenvalue weighted by molar-refractivity contribution is -0.137. The molecule has 1 atom stereocenters. The second kappa shape index (κ2) is 10.1. The van der Waals surface area contributed by atoms with Crippen LogP contribution in [0.1, 0.15) is 23.2 Å². The first-order valence-corrected chi connectivity index (χ1v) is 12.4. The van der Waals surface area contributed by atoms with Crippen molar-refractivity contribution in [2.75, 3.05) is 6.54 Å². The van der Waals surface area contributed by atoms with E-state index in [1.54, 1.807) is 6.20 Å². The molecule has 1 amide bonds. The summed E-state index contributed by atoms with van der Waals surface area (Å²) < 4.78 is 68.1. The van der Waals surface area contributed by atoms with Crippen molar-refractivity contribution < 1.29 is 26.4 Å². The van der Waals surface area contributed by atoms with E-state index in [2.05, 4.69) is 15.6 Å². The van der Waals surface area contributed by atoms with Gasteiger partial charge in [-0.15, -0.1) is 5.10 Å². The Morgan fingerprint density at radius 2 is 1.86 bits per heavy atom. The molecule has 1 aliphatic heterocycles. The van der Waals surface area contributed by atoms with Gasteiger partial charge in [-0.1, -0.05) is 23.4 Å². The lowest BCUT2D eigenvalue weighted by atomic mass is 10.1. The van der Waals surface area contributed by atoms with E-state index in [4.69, 9.17) is 5.73 Å². The molecular weight excluding hydrogens is 497 g/mol. The molecule has 9 nitrogen and oxygen atoms in total. The fourth-order valence-corrected chi connectivity index (χ4v) is 5.23. The van der Waals surface area contributed by atoms with Gasteiger partial charge < -0.3 is 11.1 Å². The van der Waals surface area contributed by atoms with E-state index in [0.29, 0.717) is 24.0 Å². The van der Waals surface area contributed by atoms with Gasteiger partial charge in [0.05, 0.1) is 28.0 Å². The third-order valence-corrected chi connectivity index (χ3v) is 7.39. The van der Waals surface area contributed by atoms with Crippen LogP contribution < -0.4 is 11.1 Å². The van der Waals surface area contributed by atoms with Crippen molar-refractivity contribution in [1.82, 2.24) is 24.6 Å². The van der Waals surface area contributed by atoms with Gasteiger partial charge in [0.15, 0.2) is 0 Å². The van der Waals surface area contributed by atoms with Crippen molar-refractivity contribution >= 4 is 15.9 Å². The number of sulfonamides is 1. The molecule has 3 aromatic rings. The van der Waals surface area contributed by atoms with Gasteiger partial charge in [-0.2, -0.15) is 13.2 Å². The minimum Gasteiger partial charge on any atom is -0.330 e. The van der Waals surface area contributed by atoms with E-state index in [1.807, 2.05) is 24.3 Å². The predicted octanol–water partition coefficient (Wildman–Crippen LogP) is 2.38. The SMILES string of the molecule is NCCCc1ccc(-n2cc(CC3C(=O)NC=CN3S(=O)(=O)c3cccc(C(F)(F)F)c3)nn2)cc1. The summed E-state index contributed by atoms with van der Waals surface area (Å²) in [5.74, 6) is -0.646. The Morgan fingerprint density at radius 1 is 1.11 bits per heavy atom. The van der Waals surface area contributed by atoms with Gasteiger partial charge in [-0.3, -0.25) is 9.10 Å². The van der Waals surface area contributed by atoms with E-state index in [-0.39, 0.29) is 6.42 Å². The number of benzene rings is 2. The molecule has 2 heterocycles. The number of carbonyl (C=O) groups excluding carboxylic acids is 1. The number of nitrogens with two attached hydrogens (primary N) is 1. The lowest BCUT2D eigenvalue weighted by Crippen LogP contribution is -2.50. The number of aromatic nitrogens is 3. The first-order valence-electron chi connectivity index (χ1n) is 11.0. The largest absolute Gasteiger partial charge is 0.416 e. The number of hydrogen-bond acceptors (Lipinski definition) is 6. The highest BCUT2D eigenvalue weighted by atomic mass is 32.2. The Hall–Kier alpha value is -3.71. The van der Waals surface area contributed by atoms with Crippen LogP contribution in [0.4, 0.5) is 13.2 Å². The van der Waals surface area contributed by atoms with E-state index in [9.17, 15) is 26.4 Å². The number of halogens is 3. The molecule has 13 heteroatoms. The van der Waals surface area contributed by atoms with Crippen LogP contribution in [0.2, 0.25) is 0 Å². The molecule has 0 bridgehead atoms. The van der Waals surface area contributed by atoms with Crippen LogP contribution in [0.15, 0.2) is 72.0 Å². The van der Waals surface area contributed by atoms with Gasteiger partial charge in [-0.05, 0) is 55.3 Å². The van der Waals surface area contributed by atoms with Crippen molar-refractivity contribution in [3.63, 3.8) is 0 Å². The summed E-state index contributed by atoms with van der Waals surface area (Å²) in [5.41, 5.74) is 6.58. The molecule has 1 aromatic heterocycles. The maximum atomic E-state index is 13.2. The summed E-state index contributed by atoms with van der Waals surface area (Å²) in [5, 5.41) is 10.5. The molecule has 1 aliphatic rings. The molecular formula is C23H23F3N6O3S. The van der Waals surface area contributed by atoms with Crippen LogP contribution in [0.25, 0.3) is 5.69 Å². The van der Waals surface area contributed by atoms with Crippen LogP contribution >= 0.6 is 0 Å². The Kier molecular flexibility index (Phi) is 7.13. The molecule has 190 valence electrons.